The number of ether oxygens (including phenoxy) is 3. The standard InChI is InChI=1S/C86H118N12O11S/c1-49(87-10)76(99)92-64-39-40-107-68-42-84(4,5)67(96(68)81(64)104)47-90-71-55(37-35-53-24-15-18-30-60(53)71)45-88-51(3)78(101)95-73-62-32-20-21-34-66(62)109-70-44-86(8,9)75(98(70)83(73)106)80(103)94-72-56(38-36-54-25-16-19-31-61(54)72)46-89-50(2)77(100)93-65-41-57(48-110-58-27-12-11-13-28-58)108-69-43-85(6,7)74(97(69)82(65)105)79(102)91-63-33-22-26-52-23-14-17-29-59(52)63/h11-19,23-25,27-31,49-51,55-57,62-75,87-90H,20-22,26,32-48H2,1-10H3,(H,91,102)(H,92,99)(H,93,100)(H,94,103)(H,95,101)/t49-,50-,51-,55?,56?,57?,62?,63?,64-,65-,66?,67?,68-,69-,70-,71?,72?,73-,74?,75?/m0/s1. The van der Waals surface area contributed by atoms with Gasteiger partial charge in [-0.05, 0) is 166 Å². The summed E-state index contributed by atoms with van der Waals surface area (Å²) in [4.78, 5) is 126. The summed E-state index contributed by atoms with van der Waals surface area (Å²) in [6, 6.07) is 27.3. The highest BCUT2D eigenvalue weighted by atomic mass is 32.2. The van der Waals surface area contributed by atoms with Gasteiger partial charge in [0.15, 0.2) is 0 Å². The lowest BCUT2D eigenvalue weighted by Gasteiger charge is -2.40. The zero-order chi connectivity index (χ0) is 77.5. The van der Waals surface area contributed by atoms with Gasteiger partial charge in [0.05, 0.1) is 55.1 Å². The summed E-state index contributed by atoms with van der Waals surface area (Å²) in [5.41, 5.74) is 5.09. The maximum atomic E-state index is 15.9. The number of hydrogen-bond acceptors (Lipinski definition) is 16. The maximum Gasteiger partial charge on any atom is 0.248 e. The first-order chi connectivity index (χ1) is 52.8. The van der Waals surface area contributed by atoms with Crippen molar-refractivity contribution in [2.75, 3.05) is 39.0 Å². The fraction of sp³-hybridized carbons (Fsp3) is 0.628. The van der Waals surface area contributed by atoms with Crippen LogP contribution in [0.2, 0.25) is 0 Å². The van der Waals surface area contributed by atoms with Gasteiger partial charge in [0, 0.05) is 67.9 Å². The first-order valence-corrected chi connectivity index (χ1v) is 42.0. The number of fused-ring (bicyclic) bond motifs is 7. The lowest BCUT2D eigenvalue weighted by Crippen LogP contribution is -2.60. The summed E-state index contributed by atoms with van der Waals surface area (Å²) >= 11 is 1.63. The van der Waals surface area contributed by atoms with E-state index in [1.54, 1.807) is 42.5 Å². The van der Waals surface area contributed by atoms with Crippen molar-refractivity contribution in [3.8, 4) is 0 Å². The topological polar surface area (TPSA) is 282 Å². The van der Waals surface area contributed by atoms with Crippen LogP contribution in [0.4, 0.5) is 0 Å². The van der Waals surface area contributed by atoms with Gasteiger partial charge in [-0.25, -0.2) is 0 Å². The first-order valence-electron chi connectivity index (χ1n) is 41.0. The molecule has 594 valence electrons. The van der Waals surface area contributed by atoms with Gasteiger partial charge in [-0.2, -0.15) is 0 Å². The van der Waals surface area contributed by atoms with Gasteiger partial charge in [-0.3, -0.25) is 38.4 Å². The fourth-order valence-corrected chi connectivity index (χ4v) is 21.1. The summed E-state index contributed by atoms with van der Waals surface area (Å²) in [6.45, 7) is 19.5. The number of amides is 8. The summed E-state index contributed by atoms with van der Waals surface area (Å²) in [7, 11) is 1.72. The molecule has 0 radical (unpaired) electrons. The smallest absolute Gasteiger partial charge is 0.248 e. The number of benzene rings is 4. The Morgan fingerprint density at radius 1 is 0.491 bits per heavy atom. The minimum absolute atomic E-state index is 0.0417. The second-order valence-electron chi connectivity index (χ2n) is 35.3. The van der Waals surface area contributed by atoms with Crippen LogP contribution in [0.5, 0.6) is 0 Å². The Bertz CT molecular complexity index is 4030. The van der Waals surface area contributed by atoms with Crippen LogP contribution in [-0.4, -0.2) is 186 Å². The lowest BCUT2D eigenvalue weighted by molar-refractivity contribution is -0.152. The molecule has 9 N–H and O–H groups in total. The normalized spacial score (nSPS) is 32.1. The van der Waals surface area contributed by atoms with Crippen molar-refractivity contribution in [1.29, 1.82) is 0 Å². The number of likely N-dealkylation sites (N-methyl/N-ethyl adjacent to an activating group) is 1. The highest BCUT2D eigenvalue weighted by molar-refractivity contribution is 7.99. The van der Waals surface area contributed by atoms with Gasteiger partial charge in [0.25, 0.3) is 0 Å². The SMILES string of the molecule is CN[C@@H](C)C(=O)N[C@H]1CCO[C@H]2CC(C)(C)C(CNC3c4ccccc4CCC3CN[C@@H](C)C(=O)N[C@@H]3C(=O)N4C(C(=O)NC5c6ccccc6CCC5CN[C@@H](C)C(=O)N[C@H]5CC(CSc6ccccc6)O[C@H]6CC(C)(C)C(C(=O)NC7CCCc8ccccc87)N6C5=O)C(C)(C)C[C@@H]4OC4CCCCC43)N2C1=O. The van der Waals surface area contributed by atoms with Crippen LogP contribution >= 0.6 is 11.8 Å². The van der Waals surface area contributed by atoms with E-state index in [9.17, 15) is 24.0 Å². The molecule has 0 bridgehead atoms. The number of aryl methyl sites for hydroxylation is 3. The Labute approximate surface area is 653 Å². The molecule has 0 spiro atoms. The maximum absolute atomic E-state index is 15.9. The third-order valence-electron chi connectivity index (χ3n) is 26.4. The summed E-state index contributed by atoms with van der Waals surface area (Å²) in [5.74, 6) is -2.26. The van der Waals surface area contributed by atoms with Gasteiger partial charge >= 0.3 is 0 Å². The Kier molecular flexibility index (Phi) is 24.1. The Morgan fingerprint density at radius 3 is 1.69 bits per heavy atom. The highest BCUT2D eigenvalue weighted by Gasteiger charge is 2.60. The third kappa shape index (κ3) is 16.6. The molecule has 7 fully saturated rings. The third-order valence-corrected chi connectivity index (χ3v) is 27.6. The molecule has 110 heavy (non-hydrogen) atoms. The van der Waals surface area contributed by atoms with Crippen molar-refractivity contribution in [3.63, 3.8) is 0 Å². The van der Waals surface area contributed by atoms with Crippen molar-refractivity contribution >= 4 is 59.0 Å². The van der Waals surface area contributed by atoms with Crippen LogP contribution in [0.25, 0.3) is 0 Å². The lowest BCUT2D eigenvalue weighted by atomic mass is 9.78. The van der Waals surface area contributed by atoms with Crippen molar-refractivity contribution in [3.05, 3.63) is 137 Å². The predicted octanol–water partition coefficient (Wildman–Crippen LogP) is 7.96. The zero-order valence-electron chi connectivity index (χ0n) is 66.0. The molecule has 0 aromatic heterocycles. The molecule has 10 aliphatic rings. The molecule has 4 aromatic carbocycles. The average molecular weight is 1530 g/mol. The number of thioether (sulfide) groups is 1. The molecule has 4 aromatic rings. The molecule has 20 atom stereocenters. The number of carbonyl (C=O) groups excluding carboxylic acids is 8. The number of nitrogens with one attached hydrogen (secondary N) is 9. The minimum Gasteiger partial charge on any atom is -0.358 e. The second kappa shape index (κ2) is 33.4. The molecular formula is C86H118N12O11S. The van der Waals surface area contributed by atoms with Crippen molar-refractivity contribution in [1.82, 2.24) is 62.6 Å². The van der Waals surface area contributed by atoms with Crippen molar-refractivity contribution < 1.29 is 52.6 Å². The molecule has 14 rings (SSSR count). The monoisotopic (exact) mass is 1530 g/mol. The molecule has 4 aliphatic carbocycles. The summed E-state index contributed by atoms with van der Waals surface area (Å²) in [5, 5.41) is 30.4. The van der Waals surface area contributed by atoms with Crippen LogP contribution in [0.15, 0.2) is 108 Å². The van der Waals surface area contributed by atoms with E-state index in [1.807, 2.05) is 100 Å². The molecule has 1 saturated carbocycles. The number of carbonyl (C=O) groups is 8. The van der Waals surface area contributed by atoms with Gasteiger partial charge in [0.1, 0.15) is 48.9 Å². The van der Waals surface area contributed by atoms with Crippen LogP contribution in [0, 0.1) is 34.0 Å². The average Bonchev–Trinajstić information content (AvgIpc) is 1.63. The number of nitrogens with zero attached hydrogens (tertiary/aromatic N) is 3. The van der Waals surface area contributed by atoms with E-state index in [4.69, 9.17) is 14.2 Å². The molecule has 8 amide bonds. The summed E-state index contributed by atoms with van der Waals surface area (Å²) < 4.78 is 20.4. The molecule has 6 aliphatic heterocycles. The van der Waals surface area contributed by atoms with Crippen LogP contribution in [-0.2, 0) is 71.8 Å². The van der Waals surface area contributed by atoms with Gasteiger partial charge in [-0.15, -0.1) is 11.8 Å². The van der Waals surface area contributed by atoms with Gasteiger partial charge < -0.3 is 76.8 Å². The van der Waals surface area contributed by atoms with Crippen LogP contribution in [0.3, 0.4) is 0 Å². The largest absolute Gasteiger partial charge is 0.358 e. The number of rotatable bonds is 23. The fourth-order valence-electron chi connectivity index (χ4n) is 20.1. The minimum atomic E-state index is -0.997. The predicted molar refractivity (Wildman–Crippen MR) is 420 cm³/mol. The quantitative estimate of drug-likeness (QED) is 0.0319. The van der Waals surface area contributed by atoms with Gasteiger partial charge in [0.2, 0.25) is 47.3 Å². The molecule has 6 heterocycles. The van der Waals surface area contributed by atoms with E-state index in [2.05, 4.69) is 104 Å². The van der Waals surface area contributed by atoms with Crippen molar-refractivity contribution in [2.24, 2.45) is 34.0 Å². The van der Waals surface area contributed by atoms with E-state index in [1.165, 1.54) is 16.7 Å². The van der Waals surface area contributed by atoms with Crippen LogP contribution < -0.4 is 47.9 Å². The summed E-state index contributed by atoms with van der Waals surface area (Å²) in [6.07, 6.45) is 8.48. The van der Waals surface area contributed by atoms with E-state index in [-0.39, 0.29) is 101 Å². The Hall–Kier alpha value is -7.29. The van der Waals surface area contributed by atoms with E-state index in [0.29, 0.717) is 70.5 Å². The number of hydrogen-bond donors (Lipinski definition) is 9. The van der Waals surface area contributed by atoms with Crippen LogP contribution in [0.1, 0.15) is 197 Å². The van der Waals surface area contributed by atoms with E-state index < -0.39 is 90.0 Å². The molecule has 11 unspecified atom stereocenters. The Morgan fingerprint density at radius 2 is 1.03 bits per heavy atom. The molecule has 23 nitrogen and oxygen atoms in total. The van der Waals surface area contributed by atoms with E-state index in [0.717, 1.165) is 79.4 Å². The molecule has 24 heteroatoms. The van der Waals surface area contributed by atoms with Gasteiger partial charge in [-0.1, -0.05) is 145 Å². The molecular weight excluding hydrogens is 1410 g/mol. The molecule has 6 saturated heterocycles. The van der Waals surface area contributed by atoms with E-state index >= 15 is 14.4 Å². The second-order valence-corrected chi connectivity index (χ2v) is 36.4. The Balaban J connectivity index is 0.647. The first kappa shape index (κ1) is 79.4. The van der Waals surface area contributed by atoms with Crippen molar-refractivity contribution in [2.45, 2.75) is 273 Å². The zero-order valence-corrected chi connectivity index (χ0v) is 66.8. The highest BCUT2D eigenvalue weighted by Crippen LogP contribution is 2.49.